The van der Waals surface area contributed by atoms with E-state index in [-0.39, 0.29) is 16.1 Å². The van der Waals surface area contributed by atoms with Crippen LogP contribution in [0.1, 0.15) is 23.2 Å². The second kappa shape index (κ2) is 5.75. The molecule has 1 aromatic rings. The Morgan fingerprint density at radius 1 is 1.28 bits per heavy atom. The Kier molecular flexibility index (Phi) is 4.29. The van der Waals surface area contributed by atoms with E-state index < -0.39 is 17.5 Å². The van der Waals surface area contributed by atoms with Crippen molar-refractivity contribution >= 4 is 21.8 Å². The Morgan fingerprint density at radius 3 is 2.56 bits per heavy atom. The van der Waals surface area contributed by atoms with Gasteiger partial charge in [0.2, 0.25) is 0 Å². The Hall–Kier alpha value is -1.01. The molecular weight excluding hydrogens is 308 g/mol. The molecule has 0 atom stereocenters. The summed E-state index contributed by atoms with van der Waals surface area (Å²) in [4.78, 5) is 11.9. The number of rotatable bonds is 2. The first kappa shape index (κ1) is 13.4. The molecule has 1 heterocycles. The normalized spacial score (nSPS) is 16.6. The van der Waals surface area contributed by atoms with Gasteiger partial charge in [0.25, 0.3) is 5.91 Å². The molecule has 1 N–H and O–H groups in total. The van der Waals surface area contributed by atoms with Crippen molar-refractivity contribution in [3.63, 3.8) is 0 Å². The first-order chi connectivity index (χ1) is 8.58. The summed E-state index contributed by atoms with van der Waals surface area (Å²) in [6.07, 6.45) is 1.46. The van der Waals surface area contributed by atoms with E-state index in [4.69, 9.17) is 4.74 Å². The van der Waals surface area contributed by atoms with Crippen molar-refractivity contribution in [2.45, 2.75) is 18.9 Å². The van der Waals surface area contributed by atoms with Gasteiger partial charge in [0.15, 0.2) is 11.6 Å². The van der Waals surface area contributed by atoms with Crippen LogP contribution in [-0.2, 0) is 4.74 Å². The fourth-order valence-electron chi connectivity index (χ4n) is 1.80. The number of benzene rings is 1. The van der Waals surface area contributed by atoms with Crippen LogP contribution in [0.2, 0.25) is 0 Å². The quantitative estimate of drug-likeness (QED) is 0.851. The topological polar surface area (TPSA) is 38.3 Å². The average molecular weight is 320 g/mol. The van der Waals surface area contributed by atoms with Crippen molar-refractivity contribution in [1.82, 2.24) is 5.32 Å². The van der Waals surface area contributed by atoms with E-state index in [0.717, 1.165) is 25.0 Å². The smallest absolute Gasteiger partial charge is 0.252 e. The van der Waals surface area contributed by atoms with Crippen molar-refractivity contribution in [3.8, 4) is 0 Å². The van der Waals surface area contributed by atoms with E-state index in [0.29, 0.717) is 13.2 Å². The summed E-state index contributed by atoms with van der Waals surface area (Å²) < 4.78 is 31.4. The molecule has 0 radical (unpaired) electrons. The van der Waals surface area contributed by atoms with Crippen LogP contribution in [0, 0.1) is 11.6 Å². The van der Waals surface area contributed by atoms with Crippen LogP contribution in [0.4, 0.5) is 8.78 Å². The van der Waals surface area contributed by atoms with Crippen LogP contribution in [0.3, 0.4) is 0 Å². The molecule has 1 aliphatic rings. The molecule has 1 aromatic carbocycles. The van der Waals surface area contributed by atoms with Crippen molar-refractivity contribution in [2.75, 3.05) is 13.2 Å². The Balaban J connectivity index is 2.10. The maximum Gasteiger partial charge on any atom is 0.252 e. The summed E-state index contributed by atoms with van der Waals surface area (Å²) in [5.74, 6) is -2.42. The molecule has 1 amide bonds. The zero-order valence-corrected chi connectivity index (χ0v) is 11.1. The predicted molar refractivity (Wildman–Crippen MR) is 65.4 cm³/mol. The predicted octanol–water partition coefficient (Wildman–Crippen LogP) is 2.64. The van der Waals surface area contributed by atoms with E-state index >= 15 is 0 Å². The van der Waals surface area contributed by atoms with Gasteiger partial charge in [-0.15, -0.1) is 0 Å². The largest absolute Gasteiger partial charge is 0.381 e. The number of ether oxygens (including phenoxy) is 1. The third-order valence-electron chi connectivity index (χ3n) is 2.81. The highest BCUT2D eigenvalue weighted by Gasteiger charge is 2.19. The first-order valence-electron chi connectivity index (χ1n) is 5.61. The Bertz CT molecular complexity index is 462. The fourth-order valence-corrected chi connectivity index (χ4v) is 2.30. The zero-order valence-electron chi connectivity index (χ0n) is 9.51. The molecule has 3 nitrogen and oxygen atoms in total. The highest BCUT2D eigenvalue weighted by molar-refractivity contribution is 9.10. The zero-order chi connectivity index (χ0) is 13.1. The number of amides is 1. The molecule has 0 spiro atoms. The maximum atomic E-state index is 13.1. The lowest BCUT2D eigenvalue weighted by Gasteiger charge is -2.23. The third-order valence-corrected chi connectivity index (χ3v) is 3.47. The van der Waals surface area contributed by atoms with Gasteiger partial charge >= 0.3 is 0 Å². The summed E-state index contributed by atoms with van der Waals surface area (Å²) in [6, 6.07) is 1.87. The molecule has 1 fully saturated rings. The number of halogens is 3. The van der Waals surface area contributed by atoms with Gasteiger partial charge in [0.05, 0.1) is 5.56 Å². The van der Waals surface area contributed by atoms with Crippen molar-refractivity contribution in [1.29, 1.82) is 0 Å². The molecule has 0 aliphatic carbocycles. The summed E-state index contributed by atoms with van der Waals surface area (Å²) in [5.41, 5.74) is 0.0976. The first-order valence-corrected chi connectivity index (χ1v) is 6.40. The number of carbonyl (C=O) groups is 1. The lowest BCUT2D eigenvalue weighted by atomic mass is 10.1. The van der Waals surface area contributed by atoms with Crippen molar-refractivity contribution in [3.05, 3.63) is 33.8 Å². The minimum atomic E-state index is -1.03. The van der Waals surface area contributed by atoms with Crippen LogP contribution >= 0.6 is 15.9 Å². The van der Waals surface area contributed by atoms with Crippen LogP contribution < -0.4 is 5.32 Å². The van der Waals surface area contributed by atoms with Crippen LogP contribution in [0.5, 0.6) is 0 Å². The second-order valence-electron chi connectivity index (χ2n) is 4.11. The van der Waals surface area contributed by atoms with Crippen LogP contribution in [-0.4, -0.2) is 25.2 Å². The molecule has 18 heavy (non-hydrogen) atoms. The maximum absolute atomic E-state index is 13.1. The third kappa shape index (κ3) is 3.05. The van der Waals surface area contributed by atoms with E-state index in [9.17, 15) is 13.6 Å². The van der Waals surface area contributed by atoms with Crippen LogP contribution in [0.25, 0.3) is 0 Å². The highest BCUT2D eigenvalue weighted by atomic mass is 79.9. The molecule has 1 aliphatic heterocycles. The van der Waals surface area contributed by atoms with Gasteiger partial charge in [0.1, 0.15) is 0 Å². The van der Waals surface area contributed by atoms with E-state index in [2.05, 4.69) is 21.2 Å². The molecule has 0 saturated carbocycles. The van der Waals surface area contributed by atoms with Gasteiger partial charge in [-0.25, -0.2) is 8.78 Å². The van der Waals surface area contributed by atoms with Gasteiger partial charge < -0.3 is 10.1 Å². The number of nitrogens with one attached hydrogen (secondary N) is 1. The van der Waals surface area contributed by atoms with Crippen molar-refractivity contribution < 1.29 is 18.3 Å². The monoisotopic (exact) mass is 319 g/mol. The van der Waals surface area contributed by atoms with Gasteiger partial charge in [-0.2, -0.15) is 0 Å². The fraction of sp³-hybridized carbons (Fsp3) is 0.417. The lowest BCUT2D eigenvalue weighted by Crippen LogP contribution is -2.39. The van der Waals surface area contributed by atoms with E-state index in [1.165, 1.54) is 0 Å². The van der Waals surface area contributed by atoms with Crippen molar-refractivity contribution in [2.24, 2.45) is 0 Å². The van der Waals surface area contributed by atoms with Crippen LogP contribution in [0.15, 0.2) is 16.6 Å². The van der Waals surface area contributed by atoms with Gasteiger partial charge in [-0.3, -0.25) is 4.79 Å². The molecule has 0 unspecified atom stereocenters. The van der Waals surface area contributed by atoms with Gasteiger partial charge in [-0.05, 0) is 40.9 Å². The number of hydrogen-bond acceptors (Lipinski definition) is 2. The summed E-state index contributed by atoms with van der Waals surface area (Å²) >= 11 is 3.05. The second-order valence-corrected chi connectivity index (χ2v) is 4.96. The molecule has 6 heteroatoms. The van der Waals surface area contributed by atoms with E-state index in [1.54, 1.807) is 0 Å². The Labute approximate surface area is 112 Å². The summed E-state index contributed by atoms with van der Waals surface area (Å²) in [5, 5.41) is 2.78. The van der Waals surface area contributed by atoms with E-state index in [1.807, 2.05) is 0 Å². The minimum Gasteiger partial charge on any atom is -0.381 e. The SMILES string of the molecule is O=C(NC1CCOCC1)c1cc(F)c(F)cc1Br. The van der Waals surface area contributed by atoms with Gasteiger partial charge in [-0.1, -0.05) is 0 Å². The molecule has 0 aromatic heterocycles. The minimum absolute atomic E-state index is 0.0197. The lowest BCUT2D eigenvalue weighted by molar-refractivity contribution is 0.0696. The summed E-state index contributed by atoms with van der Waals surface area (Å²) in [7, 11) is 0. The van der Waals surface area contributed by atoms with Gasteiger partial charge in [0, 0.05) is 23.7 Å². The number of hydrogen-bond donors (Lipinski definition) is 1. The molecule has 2 rings (SSSR count). The average Bonchev–Trinajstić information content (AvgIpc) is 2.35. The molecule has 98 valence electrons. The summed E-state index contributed by atoms with van der Waals surface area (Å²) in [6.45, 7) is 1.20. The molecular formula is C12H12BrF2NO2. The molecule has 1 saturated heterocycles. The number of carbonyl (C=O) groups excluding carboxylic acids is 1. The molecule has 0 bridgehead atoms. The standard InChI is InChI=1S/C12H12BrF2NO2/c13-9-6-11(15)10(14)5-8(9)12(17)16-7-1-3-18-4-2-7/h5-7H,1-4H2,(H,16,17). The highest BCUT2D eigenvalue weighted by Crippen LogP contribution is 2.21. The Morgan fingerprint density at radius 2 is 1.89 bits per heavy atom.